The quantitative estimate of drug-likeness (QED) is 0.442. The van der Waals surface area contributed by atoms with Crippen molar-refractivity contribution in [3.05, 3.63) is 65.9 Å². The van der Waals surface area contributed by atoms with Gasteiger partial charge >= 0.3 is 12.1 Å². The van der Waals surface area contributed by atoms with Crippen LogP contribution in [0, 0.1) is 12.8 Å². The van der Waals surface area contributed by atoms with Crippen molar-refractivity contribution < 1.29 is 28.7 Å². The number of hydrogen-bond acceptors (Lipinski definition) is 6. The molecule has 0 radical (unpaired) electrons. The number of aliphatic carboxylic acids is 1. The predicted octanol–water partition coefficient (Wildman–Crippen LogP) is 5.98. The summed E-state index contributed by atoms with van der Waals surface area (Å²) in [7, 11) is 0. The van der Waals surface area contributed by atoms with Crippen LogP contribution in [0.15, 0.2) is 59.1 Å². The molecular weight excluding hydrogens is 436 g/mol. The molecule has 0 unspecified atom stereocenters. The van der Waals surface area contributed by atoms with Crippen molar-refractivity contribution >= 4 is 17.7 Å². The summed E-state index contributed by atoms with van der Waals surface area (Å²) in [5, 5.41) is 16.0. The molecule has 1 aliphatic rings. The Morgan fingerprint density at radius 2 is 1.85 bits per heavy atom. The minimum atomic E-state index is -0.763. The molecule has 178 valence electrons. The normalized spacial score (nSPS) is 18.6. The Balaban J connectivity index is 1.41. The molecular formula is C26H28N2O6. The Bertz CT molecular complexity index is 1130. The molecule has 3 atom stereocenters. The summed E-state index contributed by atoms with van der Waals surface area (Å²) in [5.74, 6) is -0.0483. The lowest BCUT2D eigenvalue weighted by atomic mass is 9.87. The van der Waals surface area contributed by atoms with Crippen molar-refractivity contribution in [1.29, 1.82) is 0 Å². The summed E-state index contributed by atoms with van der Waals surface area (Å²) in [4.78, 5) is 23.8. The zero-order chi connectivity index (χ0) is 24.1. The topological polar surface area (TPSA) is 111 Å². The Hall–Kier alpha value is -3.81. The fourth-order valence-corrected chi connectivity index (χ4v) is 4.15. The van der Waals surface area contributed by atoms with Crippen LogP contribution in [0.25, 0.3) is 11.3 Å². The van der Waals surface area contributed by atoms with E-state index in [0.29, 0.717) is 41.3 Å². The van der Waals surface area contributed by atoms with Gasteiger partial charge in [0.25, 0.3) is 0 Å². The monoisotopic (exact) mass is 464 g/mol. The van der Waals surface area contributed by atoms with Crippen molar-refractivity contribution in [2.75, 3.05) is 5.32 Å². The van der Waals surface area contributed by atoms with Gasteiger partial charge < -0.3 is 19.1 Å². The largest absolute Gasteiger partial charge is 0.490 e. The minimum absolute atomic E-state index is 0.119. The van der Waals surface area contributed by atoms with Gasteiger partial charge in [0.15, 0.2) is 5.76 Å². The average Bonchev–Trinajstić information content (AvgIpc) is 3.20. The lowest BCUT2D eigenvalue weighted by molar-refractivity contribution is -0.143. The van der Waals surface area contributed by atoms with Crippen LogP contribution in [-0.2, 0) is 9.53 Å². The molecule has 0 spiro atoms. The van der Waals surface area contributed by atoms with Gasteiger partial charge in [-0.1, -0.05) is 35.5 Å². The molecule has 4 rings (SSSR count). The number of nitrogens with zero attached hydrogens (tertiary/aromatic N) is 1. The molecule has 1 aromatic heterocycles. The molecule has 8 nitrogen and oxygen atoms in total. The number of aryl methyl sites for hydroxylation is 1. The second-order valence-corrected chi connectivity index (χ2v) is 8.52. The summed E-state index contributed by atoms with van der Waals surface area (Å²) >= 11 is 0. The van der Waals surface area contributed by atoms with Gasteiger partial charge in [-0.15, -0.1) is 0 Å². The predicted molar refractivity (Wildman–Crippen MR) is 126 cm³/mol. The third-order valence-corrected chi connectivity index (χ3v) is 6.04. The van der Waals surface area contributed by atoms with Crippen LogP contribution in [0.5, 0.6) is 5.75 Å². The van der Waals surface area contributed by atoms with E-state index in [1.807, 2.05) is 42.5 Å². The average molecular weight is 465 g/mol. The maximum Gasteiger partial charge on any atom is 0.412 e. The number of aromatic nitrogens is 1. The van der Waals surface area contributed by atoms with E-state index in [1.54, 1.807) is 26.0 Å². The fraction of sp³-hybridized carbons (Fsp3) is 0.346. The standard InChI is InChI=1S/C26H28N2O6/c1-16-23(27-26(31)32-17(2)18-7-4-3-5-8-18)24(34-28-16)19-11-13-21(14-12-19)33-22-10-6-9-20(15-22)25(29)30/h3-5,7-8,11-14,17,20,22H,6,9-10,15H2,1-2H3,(H,27,31)(H,29,30)/t17-,20+,22-/m1/s1. The molecule has 34 heavy (non-hydrogen) atoms. The number of carbonyl (C=O) groups excluding carboxylic acids is 1. The molecule has 0 saturated heterocycles. The van der Waals surface area contributed by atoms with Crippen molar-refractivity contribution in [2.45, 2.75) is 51.7 Å². The van der Waals surface area contributed by atoms with Crippen LogP contribution in [0.2, 0.25) is 0 Å². The first-order valence-electron chi connectivity index (χ1n) is 11.4. The number of carboxylic acids is 1. The lowest BCUT2D eigenvalue weighted by Gasteiger charge is -2.27. The maximum absolute atomic E-state index is 12.5. The van der Waals surface area contributed by atoms with Crippen molar-refractivity contribution in [3.63, 3.8) is 0 Å². The van der Waals surface area contributed by atoms with Gasteiger partial charge in [0.1, 0.15) is 23.2 Å². The summed E-state index contributed by atoms with van der Waals surface area (Å²) in [6, 6.07) is 16.7. The first kappa shape index (κ1) is 23.4. The molecule has 1 heterocycles. The molecule has 1 saturated carbocycles. The van der Waals surface area contributed by atoms with Crippen LogP contribution in [-0.4, -0.2) is 28.4 Å². The first-order chi connectivity index (χ1) is 16.4. The number of carbonyl (C=O) groups is 2. The SMILES string of the molecule is Cc1noc(-c2ccc(O[C@@H]3CCC[C@H](C(=O)O)C3)cc2)c1NC(=O)O[C@H](C)c1ccccc1. The molecule has 1 fully saturated rings. The highest BCUT2D eigenvalue weighted by Gasteiger charge is 2.28. The molecule has 0 aliphatic heterocycles. The lowest BCUT2D eigenvalue weighted by Crippen LogP contribution is -2.29. The smallest absolute Gasteiger partial charge is 0.412 e. The van der Waals surface area contributed by atoms with E-state index in [0.717, 1.165) is 18.4 Å². The fourth-order valence-electron chi connectivity index (χ4n) is 4.15. The summed E-state index contributed by atoms with van der Waals surface area (Å²) in [6.45, 7) is 3.54. The maximum atomic E-state index is 12.5. The Morgan fingerprint density at radius 1 is 1.12 bits per heavy atom. The Morgan fingerprint density at radius 3 is 2.56 bits per heavy atom. The van der Waals surface area contributed by atoms with E-state index in [1.165, 1.54) is 0 Å². The van der Waals surface area contributed by atoms with Crippen LogP contribution >= 0.6 is 0 Å². The molecule has 1 aliphatic carbocycles. The highest BCUT2D eigenvalue weighted by atomic mass is 16.6. The Kier molecular flexibility index (Phi) is 7.15. The van der Waals surface area contributed by atoms with E-state index in [9.17, 15) is 14.7 Å². The van der Waals surface area contributed by atoms with Gasteiger partial charge in [-0.25, -0.2) is 4.79 Å². The van der Waals surface area contributed by atoms with Gasteiger partial charge in [0, 0.05) is 5.56 Å². The number of nitrogens with one attached hydrogen (secondary N) is 1. The van der Waals surface area contributed by atoms with E-state index in [4.69, 9.17) is 14.0 Å². The summed E-state index contributed by atoms with van der Waals surface area (Å²) in [5.41, 5.74) is 2.58. The number of rotatable bonds is 7. The molecule has 8 heteroatoms. The second kappa shape index (κ2) is 10.4. The number of benzene rings is 2. The molecule has 0 bridgehead atoms. The highest BCUT2D eigenvalue weighted by molar-refractivity contribution is 5.90. The van der Waals surface area contributed by atoms with E-state index in [2.05, 4.69) is 10.5 Å². The number of carboxylic acid groups (broad SMARTS) is 1. The van der Waals surface area contributed by atoms with Crippen molar-refractivity contribution in [2.24, 2.45) is 5.92 Å². The van der Waals surface area contributed by atoms with Gasteiger partial charge in [-0.05, 0) is 69.4 Å². The van der Waals surface area contributed by atoms with E-state index < -0.39 is 18.2 Å². The number of hydrogen-bond donors (Lipinski definition) is 2. The molecule has 3 aromatic rings. The first-order valence-corrected chi connectivity index (χ1v) is 11.4. The highest BCUT2D eigenvalue weighted by Crippen LogP contribution is 2.33. The number of ether oxygens (including phenoxy) is 2. The summed E-state index contributed by atoms with van der Waals surface area (Å²) < 4.78 is 17.0. The Labute approximate surface area is 197 Å². The van der Waals surface area contributed by atoms with Gasteiger partial charge in [-0.3, -0.25) is 10.1 Å². The summed E-state index contributed by atoms with van der Waals surface area (Å²) in [6.07, 6.45) is 1.75. The molecule has 2 aromatic carbocycles. The van der Waals surface area contributed by atoms with Crippen LogP contribution < -0.4 is 10.1 Å². The third kappa shape index (κ3) is 5.57. The second-order valence-electron chi connectivity index (χ2n) is 8.52. The van der Waals surface area contributed by atoms with Crippen LogP contribution in [0.1, 0.15) is 50.0 Å². The number of amides is 1. The minimum Gasteiger partial charge on any atom is -0.490 e. The van der Waals surface area contributed by atoms with Crippen LogP contribution in [0.4, 0.5) is 10.5 Å². The van der Waals surface area contributed by atoms with Crippen molar-refractivity contribution in [3.8, 4) is 17.1 Å². The van der Waals surface area contributed by atoms with E-state index >= 15 is 0 Å². The zero-order valence-electron chi connectivity index (χ0n) is 19.2. The molecule has 1 amide bonds. The number of anilines is 1. The van der Waals surface area contributed by atoms with Gasteiger partial charge in [0.2, 0.25) is 0 Å². The molecule has 2 N–H and O–H groups in total. The third-order valence-electron chi connectivity index (χ3n) is 6.04. The van der Waals surface area contributed by atoms with Crippen molar-refractivity contribution in [1.82, 2.24) is 5.16 Å². The van der Waals surface area contributed by atoms with Crippen LogP contribution in [0.3, 0.4) is 0 Å². The van der Waals surface area contributed by atoms with Gasteiger partial charge in [-0.2, -0.15) is 0 Å². The van der Waals surface area contributed by atoms with E-state index in [-0.39, 0.29) is 12.0 Å². The zero-order valence-corrected chi connectivity index (χ0v) is 19.2. The van der Waals surface area contributed by atoms with Gasteiger partial charge in [0.05, 0.1) is 12.0 Å².